The fourth-order valence-corrected chi connectivity index (χ4v) is 4.94. The van der Waals surface area contributed by atoms with Crippen molar-refractivity contribution < 1.29 is 22.7 Å². The Balaban J connectivity index is 1.72. The summed E-state index contributed by atoms with van der Waals surface area (Å²) in [4.78, 5) is -0.161. The van der Waals surface area contributed by atoms with Gasteiger partial charge in [-0.1, -0.05) is 11.6 Å². The molecule has 1 heterocycles. The van der Waals surface area contributed by atoms with Gasteiger partial charge in [-0.15, -0.1) is 0 Å². The van der Waals surface area contributed by atoms with Crippen LogP contribution < -0.4 is 4.74 Å². The zero-order valence-corrected chi connectivity index (χ0v) is 16.5. The fourth-order valence-electron chi connectivity index (χ4n) is 2.98. The van der Waals surface area contributed by atoms with E-state index in [0.717, 1.165) is 10.4 Å². The van der Waals surface area contributed by atoms with Crippen molar-refractivity contribution in [1.29, 1.82) is 10.5 Å². The highest BCUT2D eigenvalue weighted by molar-refractivity contribution is 7.89. The molecule has 3 rings (SSSR count). The number of hydrogen-bond donors (Lipinski definition) is 1. The van der Waals surface area contributed by atoms with Crippen LogP contribution in [-0.4, -0.2) is 44.1 Å². The van der Waals surface area contributed by atoms with Gasteiger partial charge in [-0.2, -0.15) is 14.8 Å². The van der Waals surface area contributed by atoms with Crippen LogP contribution in [0.4, 0.5) is 4.39 Å². The van der Waals surface area contributed by atoms with E-state index < -0.39 is 21.3 Å². The summed E-state index contributed by atoms with van der Waals surface area (Å²) in [6, 6.07) is 11.2. The van der Waals surface area contributed by atoms with Crippen LogP contribution >= 0.6 is 11.6 Å². The molecule has 150 valence electrons. The number of benzene rings is 2. The molecule has 0 aromatic heterocycles. The van der Waals surface area contributed by atoms with Crippen LogP contribution in [0.2, 0.25) is 5.02 Å². The summed E-state index contributed by atoms with van der Waals surface area (Å²) in [5, 5.41) is 27.9. The SMILES string of the molecule is N#Cc1ccc(OCC2(CO)CN(S(=O)(=O)c3ccc(Cl)cc3C#N)C2)cc1F. The topological polar surface area (TPSA) is 114 Å². The van der Waals surface area contributed by atoms with E-state index in [2.05, 4.69) is 0 Å². The Morgan fingerprint density at radius 2 is 1.86 bits per heavy atom. The minimum atomic E-state index is -3.95. The second-order valence-corrected chi connectivity index (χ2v) is 9.07. The molecule has 0 spiro atoms. The number of hydrogen-bond acceptors (Lipinski definition) is 6. The van der Waals surface area contributed by atoms with Crippen LogP contribution in [0.5, 0.6) is 5.75 Å². The van der Waals surface area contributed by atoms with Crippen LogP contribution in [-0.2, 0) is 10.0 Å². The normalized spacial score (nSPS) is 15.8. The van der Waals surface area contributed by atoms with Crippen LogP contribution in [0, 0.1) is 33.9 Å². The molecule has 0 saturated carbocycles. The highest BCUT2D eigenvalue weighted by Gasteiger charge is 2.49. The largest absolute Gasteiger partial charge is 0.493 e. The Kier molecular flexibility index (Phi) is 5.78. The van der Waals surface area contributed by atoms with Crippen LogP contribution in [0.3, 0.4) is 0 Å². The van der Waals surface area contributed by atoms with Crippen molar-refractivity contribution in [2.24, 2.45) is 5.41 Å². The van der Waals surface area contributed by atoms with Gasteiger partial charge in [0, 0.05) is 24.2 Å². The summed E-state index contributed by atoms with van der Waals surface area (Å²) in [6.07, 6.45) is 0. The van der Waals surface area contributed by atoms with E-state index in [1.807, 2.05) is 6.07 Å². The van der Waals surface area contributed by atoms with Gasteiger partial charge in [0.1, 0.15) is 28.6 Å². The Morgan fingerprint density at radius 3 is 2.45 bits per heavy atom. The Morgan fingerprint density at radius 1 is 1.17 bits per heavy atom. The number of nitriles is 2. The van der Waals surface area contributed by atoms with Gasteiger partial charge >= 0.3 is 0 Å². The van der Waals surface area contributed by atoms with Crippen molar-refractivity contribution in [3.05, 3.63) is 58.4 Å². The first-order valence-corrected chi connectivity index (χ1v) is 10.2. The fraction of sp³-hybridized carbons (Fsp3) is 0.263. The number of aliphatic hydroxyl groups is 1. The summed E-state index contributed by atoms with van der Waals surface area (Å²) in [5.41, 5.74) is -1.05. The van der Waals surface area contributed by atoms with E-state index >= 15 is 0 Å². The van der Waals surface area contributed by atoms with Gasteiger partial charge in [-0.25, -0.2) is 12.8 Å². The molecule has 0 amide bonds. The molecule has 0 atom stereocenters. The number of sulfonamides is 1. The van der Waals surface area contributed by atoms with Gasteiger partial charge in [-0.05, 0) is 30.3 Å². The quantitative estimate of drug-likeness (QED) is 0.744. The molecule has 0 bridgehead atoms. The van der Waals surface area contributed by atoms with Gasteiger partial charge in [0.05, 0.1) is 29.8 Å². The molecule has 0 unspecified atom stereocenters. The Hall–Kier alpha value is -2.69. The minimum Gasteiger partial charge on any atom is -0.493 e. The number of aliphatic hydroxyl groups excluding tert-OH is 1. The molecule has 1 N–H and O–H groups in total. The molecule has 29 heavy (non-hydrogen) atoms. The van der Waals surface area contributed by atoms with Crippen LogP contribution in [0.25, 0.3) is 0 Å². The zero-order valence-electron chi connectivity index (χ0n) is 15.0. The Labute approximate surface area is 172 Å². The van der Waals surface area contributed by atoms with E-state index in [1.165, 1.54) is 30.3 Å². The molecule has 1 aliphatic heterocycles. The monoisotopic (exact) mass is 435 g/mol. The van der Waals surface area contributed by atoms with Crippen LogP contribution in [0.1, 0.15) is 11.1 Å². The lowest BCUT2D eigenvalue weighted by Gasteiger charge is -2.47. The molecule has 7 nitrogen and oxygen atoms in total. The highest BCUT2D eigenvalue weighted by Crippen LogP contribution is 2.36. The van der Waals surface area contributed by atoms with E-state index in [9.17, 15) is 23.2 Å². The number of halogens is 2. The molecular formula is C19H15ClFN3O4S. The molecule has 2 aromatic carbocycles. The van der Waals surface area contributed by atoms with E-state index in [1.54, 1.807) is 6.07 Å². The highest BCUT2D eigenvalue weighted by atomic mass is 35.5. The predicted octanol–water partition coefficient (Wildman–Crippen LogP) is 2.28. The number of rotatable bonds is 6. The first-order valence-electron chi connectivity index (χ1n) is 8.38. The summed E-state index contributed by atoms with van der Waals surface area (Å²) >= 11 is 5.82. The smallest absolute Gasteiger partial charge is 0.244 e. The lowest BCUT2D eigenvalue weighted by molar-refractivity contribution is -0.0273. The summed E-state index contributed by atoms with van der Waals surface area (Å²) in [7, 11) is -3.95. The minimum absolute atomic E-state index is 0.0297. The van der Waals surface area contributed by atoms with Crippen molar-refractivity contribution in [2.75, 3.05) is 26.3 Å². The first-order chi connectivity index (χ1) is 13.7. The maximum atomic E-state index is 13.7. The molecule has 10 heteroatoms. The molecule has 2 aromatic rings. The third-order valence-electron chi connectivity index (χ3n) is 4.64. The molecule has 1 saturated heterocycles. The van der Waals surface area contributed by atoms with Crippen molar-refractivity contribution in [3.8, 4) is 17.9 Å². The van der Waals surface area contributed by atoms with E-state index in [4.69, 9.17) is 21.6 Å². The first kappa shape index (κ1) is 21.0. The van der Waals surface area contributed by atoms with Gasteiger partial charge in [0.25, 0.3) is 0 Å². The summed E-state index contributed by atoms with van der Waals surface area (Å²) in [5.74, 6) is -0.562. The van der Waals surface area contributed by atoms with Crippen molar-refractivity contribution in [2.45, 2.75) is 4.90 Å². The van der Waals surface area contributed by atoms with Crippen molar-refractivity contribution >= 4 is 21.6 Å². The van der Waals surface area contributed by atoms with Gasteiger partial charge in [0.15, 0.2) is 0 Å². The average Bonchev–Trinajstić information content (AvgIpc) is 2.67. The summed E-state index contributed by atoms with van der Waals surface area (Å²) in [6.45, 7) is -0.452. The molecule has 1 fully saturated rings. The van der Waals surface area contributed by atoms with Crippen molar-refractivity contribution in [1.82, 2.24) is 4.31 Å². The van der Waals surface area contributed by atoms with Crippen LogP contribution in [0.15, 0.2) is 41.3 Å². The lowest BCUT2D eigenvalue weighted by Crippen LogP contribution is -2.62. The molecular weight excluding hydrogens is 421 g/mol. The Bertz CT molecular complexity index is 1140. The average molecular weight is 436 g/mol. The third kappa shape index (κ3) is 4.04. The summed E-state index contributed by atoms with van der Waals surface area (Å²) < 4.78 is 46.0. The maximum Gasteiger partial charge on any atom is 0.244 e. The molecule has 0 aliphatic carbocycles. The van der Waals surface area contributed by atoms with E-state index in [0.29, 0.717) is 0 Å². The van der Waals surface area contributed by atoms with Crippen molar-refractivity contribution in [3.63, 3.8) is 0 Å². The zero-order chi connectivity index (χ0) is 21.2. The van der Waals surface area contributed by atoms with Gasteiger partial charge < -0.3 is 9.84 Å². The lowest BCUT2D eigenvalue weighted by atomic mass is 9.83. The van der Waals surface area contributed by atoms with Gasteiger partial charge in [-0.3, -0.25) is 0 Å². The number of ether oxygens (including phenoxy) is 1. The second kappa shape index (κ2) is 7.97. The van der Waals surface area contributed by atoms with Gasteiger partial charge in [0.2, 0.25) is 10.0 Å². The number of nitrogens with zero attached hydrogens (tertiary/aromatic N) is 3. The molecule has 0 radical (unpaired) electrons. The predicted molar refractivity (Wildman–Crippen MR) is 101 cm³/mol. The standard InChI is InChI=1S/C19H15ClFN3O4S/c20-15-2-4-18(14(5-15)8-23)29(26,27)24-9-19(10-24,11-25)12-28-16-3-1-13(7-22)17(21)6-16/h1-6,25H,9-12H2. The molecule has 1 aliphatic rings. The maximum absolute atomic E-state index is 13.7. The third-order valence-corrected chi connectivity index (χ3v) is 6.73. The van der Waals surface area contributed by atoms with E-state index in [-0.39, 0.29) is 53.1 Å². The second-order valence-electron chi connectivity index (χ2n) is 6.73.